The fourth-order valence-electron chi connectivity index (χ4n) is 1.76. The van der Waals surface area contributed by atoms with E-state index in [1.54, 1.807) is 6.92 Å². The number of nitrogens with two attached hydrogens (primary N) is 1. The van der Waals surface area contributed by atoms with Crippen LogP contribution in [0.2, 0.25) is 5.15 Å². The van der Waals surface area contributed by atoms with Crippen LogP contribution in [0.3, 0.4) is 0 Å². The average molecular weight is 330 g/mol. The van der Waals surface area contributed by atoms with E-state index in [0.717, 1.165) is 6.07 Å². The maximum atomic E-state index is 13.5. The van der Waals surface area contributed by atoms with Crippen LogP contribution in [0.1, 0.15) is 11.3 Å². The lowest BCUT2D eigenvalue weighted by Crippen LogP contribution is -2.15. The van der Waals surface area contributed by atoms with Crippen LogP contribution in [-0.2, 0) is 10.0 Å². The lowest BCUT2D eigenvalue weighted by atomic mass is 10.2. The van der Waals surface area contributed by atoms with Gasteiger partial charge in [-0.05, 0) is 43.7 Å². The molecule has 5 nitrogen and oxygen atoms in total. The first-order valence-corrected chi connectivity index (χ1v) is 7.78. The van der Waals surface area contributed by atoms with Crippen LogP contribution in [0.4, 0.5) is 15.8 Å². The molecule has 3 N–H and O–H groups in total. The molecule has 0 radical (unpaired) electrons. The Morgan fingerprint density at radius 2 is 1.95 bits per heavy atom. The summed E-state index contributed by atoms with van der Waals surface area (Å²) in [5.74, 6) is -0.627. The van der Waals surface area contributed by atoms with Crippen molar-refractivity contribution in [2.45, 2.75) is 18.7 Å². The molecule has 0 saturated heterocycles. The van der Waals surface area contributed by atoms with Gasteiger partial charge in [-0.25, -0.2) is 17.8 Å². The molecule has 112 valence electrons. The Balaban J connectivity index is 2.43. The largest absolute Gasteiger partial charge is 0.396 e. The number of hydrogen-bond donors (Lipinski definition) is 2. The number of pyridine rings is 1. The third-order valence-corrected chi connectivity index (χ3v) is 4.42. The molecule has 2 aromatic rings. The molecule has 1 heterocycles. The number of aromatic nitrogens is 1. The van der Waals surface area contributed by atoms with Crippen molar-refractivity contribution in [3.8, 4) is 0 Å². The third kappa shape index (κ3) is 3.25. The molecule has 21 heavy (non-hydrogen) atoms. The van der Waals surface area contributed by atoms with Gasteiger partial charge in [-0.1, -0.05) is 11.6 Å². The molecule has 0 aliphatic rings. The number of nitrogens with zero attached hydrogens (tertiary/aromatic N) is 1. The number of nitrogen functional groups attached to an aromatic ring is 1. The molecule has 0 atom stereocenters. The first kappa shape index (κ1) is 15.5. The summed E-state index contributed by atoms with van der Waals surface area (Å²) in [6.07, 6.45) is 0. The molecule has 0 aliphatic heterocycles. The number of rotatable bonds is 3. The van der Waals surface area contributed by atoms with Crippen molar-refractivity contribution in [1.29, 1.82) is 0 Å². The van der Waals surface area contributed by atoms with E-state index in [0.29, 0.717) is 11.4 Å². The minimum absolute atomic E-state index is 0.117. The van der Waals surface area contributed by atoms with E-state index >= 15 is 0 Å². The SMILES string of the molecule is Cc1cc(S(=O)(=O)Nc2ccc(Cl)nc2C)cc(N)c1F. The lowest BCUT2D eigenvalue weighted by Gasteiger charge is -2.12. The van der Waals surface area contributed by atoms with Crippen LogP contribution in [-0.4, -0.2) is 13.4 Å². The number of nitrogens with one attached hydrogen (secondary N) is 1. The summed E-state index contributed by atoms with van der Waals surface area (Å²) < 4.78 is 40.5. The monoisotopic (exact) mass is 329 g/mol. The number of benzene rings is 1. The van der Waals surface area contributed by atoms with Crippen molar-refractivity contribution < 1.29 is 12.8 Å². The summed E-state index contributed by atoms with van der Waals surface area (Å²) in [5, 5.41) is 0.261. The fourth-order valence-corrected chi connectivity index (χ4v) is 3.19. The van der Waals surface area contributed by atoms with Crippen molar-refractivity contribution in [2.24, 2.45) is 0 Å². The Morgan fingerprint density at radius 3 is 2.52 bits per heavy atom. The molecule has 0 aliphatic carbocycles. The Kier molecular flexibility index (Phi) is 4.06. The van der Waals surface area contributed by atoms with E-state index in [2.05, 4.69) is 9.71 Å². The quantitative estimate of drug-likeness (QED) is 0.669. The Labute approximate surface area is 127 Å². The molecule has 0 amide bonds. The van der Waals surface area contributed by atoms with Gasteiger partial charge in [0.2, 0.25) is 0 Å². The van der Waals surface area contributed by atoms with Crippen molar-refractivity contribution in [2.75, 3.05) is 10.5 Å². The summed E-state index contributed by atoms with van der Waals surface area (Å²) in [6.45, 7) is 3.06. The standard InChI is InChI=1S/C13H13ClFN3O2S/c1-7-5-9(6-10(16)13(7)15)21(19,20)18-11-3-4-12(14)17-8(11)2/h3-6,18H,16H2,1-2H3. The van der Waals surface area contributed by atoms with Gasteiger partial charge in [-0.2, -0.15) is 0 Å². The third-order valence-electron chi connectivity index (χ3n) is 2.86. The molecule has 8 heteroatoms. The van der Waals surface area contributed by atoms with Gasteiger partial charge >= 0.3 is 0 Å². The van der Waals surface area contributed by atoms with Crippen LogP contribution in [0.5, 0.6) is 0 Å². The molecule has 0 unspecified atom stereocenters. The fraction of sp³-hybridized carbons (Fsp3) is 0.154. The van der Waals surface area contributed by atoms with Gasteiger partial charge in [0.05, 0.1) is 22.0 Å². The second kappa shape index (κ2) is 5.50. The summed E-state index contributed by atoms with van der Waals surface area (Å²) >= 11 is 5.72. The molecule has 2 rings (SSSR count). The van der Waals surface area contributed by atoms with E-state index in [1.165, 1.54) is 25.1 Å². The second-order valence-electron chi connectivity index (χ2n) is 4.52. The van der Waals surface area contributed by atoms with Gasteiger partial charge < -0.3 is 5.73 Å². The first-order chi connectivity index (χ1) is 9.70. The minimum atomic E-state index is -3.89. The highest BCUT2D eigenvalue weighted by Gasteiger charge is 2.18. The summed E-state index contributed by atoms with van der Waals surface area (Å²) in [4.78, 5) is 3.84. The number of sulfonamides is 1. The molecule has 1 aromatic heterocycles. The molecule has 0 saturated carbocycles. The summed E-state index contributed by atoms with van der Waals surface area (Å²) in [6, 6.07) is 5.26. The second-order valence-corrected chi connectivity index (χ2v) is 6.59. The summed E-state index contributed by atoms with van der Waals surface area (Å²) in [5.41, 5.74) is 6.12. The van der Waals surface area contributed by atoms with Gasteiger partial charge in [0, 0.05) is 0 Å². The van der Waals surface area contributed by atoms with E-state index in [1.807, 2.05) is 0 Å². The summed E-state index contributed by atoms with van der Waals surface area (Å²) in [7, 11) is -3.89. The maximum Gasteiger partial charge on any atom is 0.262 e. The highest BCUT2D eigenvalue weighted by molar-refractivity contribution is 7.92. The first-order valence-electron chi connectivity index (χ1n) is 5.92. The lowest BCUT2D eigenvalue weighted by molar-refractivity contribution is 0.599. The maximum absolute atomic E-state index is 13.5. The van der Waals surface area contributed by atoms with Gasteiger partial charge in [0.1, 0.15) is 11.0 Å². The van der Waals surface area contributed by atoms with Crippen LogP contribution < -0.4 is 10.5 Å². The van der Waals surface area contributed by atoms with Crippen LogP contribution in [0.25, 0.3) is 0 Å². The van der Waals surface area contributed by atoms with Gasteiger partial charge in [0.25, 0.3) is 10.0 Å². The molecule has 0 spiro atoms. The zero-order valence-electron chi connectivity index (χ0n) is 11.3. The average Bonchev–Trinajstić information content (AvgIpc) is 2.38. The number of aryl methyl sites for hydroxylation is 2. The molecule has 0 bridgehead atoms. The minimum Gasteiger partial charge on any atom is -0.396 e. The molecular formula is C13H13ClFN3O2S. The number of hydrogen-bond acceptors (Lipinski definition) is 4. The molecular weight excluding hydrogens is 317 g/mol. The zero-order chi connectivity index (χ0) is 15.8. The zero-order valence-corrected chi connectivity index (χ0v) is 12.9. The van der Waals surface area contributed by atoms with Crippen molar-refractivity contribution in [3.05, 3.63) is 46.5 Å². The smallest absolute Gasteiger partial charge is 0.262 e. The predicted molar refractivity (Wildman–Crippen MR) is 80.3 cm³/mol. The van der Waals surface area contributed by atoms with Gasteiger partial charge in [0.15, 0.2) is 0 Å². The Hall–Kier alpha value is -1.86. The Morgan fingerprint density at radius 1 is 1.29 bits per heavy atom. The van der Waals surface area contributed by atoms with Crippen molar-refractivity contribution >= 4 is 33.0 Å². The Bertz CT molecular complexity index is 786. The highest BCUT2D eigenvalue weighted by atomic mass is 35.5. The number of anilines is 2. The van der Waals surface area contributed by atoms with Crippen molar-refractivity contribution in [1.82, 2.24) is 4.98 Å². The molecule has 1 aromatic carbocycles. The van der Waals surface area contributed by atoms with Crippen LogP contribution >= 0.6 is 11.6 Å². The number of halogens is 2. The van der Waals surface area contributed by atoms with Crippen LogP contribution in [0.15, 0.2) is 29.2 Å². The topological polar surface area (TPSA) is 85.1 Å². The van der Waals surface area contributed by atoms with E-state index in [9.17, 15) is 12.8 Å². The van der Waals surface area contributed by atoms with Gasteiger partial charge in [-0.15, -0.1) is 0 Å². The predicted octanol–water partition coefficient (Wildman–Crippen LogP) is 2.87. The van der Waals surface area contributed by atoms with Gasteiger partial charge in [-0.3, -0.25) is 4.72 Å². The highest BCUT2D eigenvalue weighted by Crippen LogP contribution is 2.24. The molecule has 0 fully saturated rings. The van der Waals surface area contributed by atoms with E-state index in [-0.39, 0.29) is 21.3 Å². The van der Waals surface area contributed by atoms with E-state index < -0.39 is 15.8 Å². The van der Waals surface area contributed by atoms with Crippen LogP contribution in [0, 0.1) is 19.7 Å². The van der Waals surface area contributed by atoms with Crippen molar-refractivity contribution in [3.63, 3.8) is 0 Å². The normalized spacial score (nSPS) is 11.4. The van der Waals surface area contributed by atoms with E-state index in [4.69, 9.17) is 17.3 Å².